The highest BCUT2D eigenvalue weighted by Crippen LogP contribution is 2.38. The third-order valence-corrected chi connectivity index (χ3v) is 4.00. The smallest absolute Gasteiger partial charge is 0.231 e. The third kappa shape index (κ3) is 2.35. The second-order valence-electron chi connectivity index (χ2n) is 5.05. The number of halogens is 1. The number of carbonyl (C=O) groups excluding carboxylic acids is 1. The fourth-order valence-electron chi connectivity index (χ4n) is 2.54. The van der Waals surface area contributed by atoms with Gasteiger partial charge in [0, 0.05) is 12.0 Å². The number of rotatable bonds is 1. The molecule has 1 aliphatic carbocycles. The number of carbonyl (C=O) groups is 1. The van der Waals surface area contributed by atoms with Gasteiger partial charge < -0.3 is 9.47 Å². The molecule has 0 spiro atoms. The molecule has 0 N–H and O–H groups in total. The Morgan fingerprint density at radius 2 is 2.05 bits per heavy atom. The van der Waals surface area contributed by atoms with Gasteiger partial charge in [-0.2, -0.15) is 0 Å². The average Bonchev–Trinajstić information content (AvgIpc) is 2.82. The van der Waals surface area contributed by atoms with E-state index in [1.807, 2.05) is 19.1 Å². The second kappa shape index (κ2) is 4.89. The van der Waals surface area contributed by atoms with Crippen LogP contribution < -0.4 is 9.47 Å². The number of hydrogen-bond acceptors (Lipinski definition) is 3. The van der Waals surface area contributed by atoms with Gasteiger partial charge in [0.05, 0.1) is 5.02 Å². The topological polar surface area (TPSA) is 35.5 Å². The first-order valence-electron chi connectivity index (χ1n) is 6.49. The van der Waals surface area contributed by atoms with Crippen LogP contribution in [0.2, 0.25) is 5.02 Å². The lowest BCUT2D eigenvalue weighted by molar-refractivity contribution is -0.119. The van der Waals surface area contributed by atoms with E-state index < -0.39 is 0 Å². The molecule has 1 aliphatic heterocycles. The van der Waals surface area contributed by atoms with Crippen LogP contribution in [-0.2, 0) is 4.79 Å². The minimum Gasteiger partial charge on any atom is -0.454 e. The number of allylic oxidation sites excluding steroid dienone is 1. The van der Waals surface area contributed by atoms with Gasteiger partial charge in [0.2, 0.25) is 6.79 Å². The summed E-state index contributed by atoms with van der Waals surface area (Å²) in [5, 5.41) is 0.586. The van der Waals surface area contributed by atoms with Crippen molar-refractivity contribution in [3.8, 4) is 11.5 Å². The lowest BCUT2D eigenvalue weighted by Crippen LogP contribution is -2.18. The van der Waals surface area contributed by atoms with E-state index in [-0.39, 0.29) is 18.5 Å². The van der Waals surface area contributed by atoms with Gasteiger partial charge in [0.15, 0.2) is 17.3 Å². The molecule has 100 valence electrons. The zero-order valence-electron chi connectivity index (χ0n) is 10.7. The summed E-state index contributed by atoms with van der Waals surface area (Å²) in [6.45, 7) is 2.21. The number of fused-ring (bicyclic) bond motifs is 1. The van der Waals surface area contributed by atoms with Crippen molar-refractivity contribution in [1.82, 2.24) is 0 Å². The van der Waals surface area contributed by atoms with Crippen molar-refractivity contribution in [1.29, 1.82) is 0 Å². The van der Waals surface area contributed by atoms with Crippen LogP contribution in [0.25, 0.3) is 6.08 Å². The Labute approximate surface area is 117 Å². The maximum Gasteiger partial charge on any atom is 0.231 e. The fraction of sp³-hybridized carbons (Fsp3) is 0.400. The largest absolute Gasteiger partial charge is 0.454 e. The third-order valence-electron chi connectivity index (χ3n) is 3.67. The van der Waals surface area contributed by atoms with E-state index in [0.29, 0.717) is 16.5 Å². The Hall–Kier alpha value is -1.48. The molecule has 4 heteroatoms. The Balaban J connectivity index is 1.96. The molecule has 1 aromatic rings. The van der Waals surface area contributed by atoms with Crippen molar-refractivity contribution < 1.29 is 14.3 Å². The summed E-state index contributed by atoms with van der Waals surface area (Å²) in [6, 6.07) is 3.58. The standard InChI is InChI=1S/C15H15ClO3/c1-9-3-2-4-10(15(9)17)5-11-6-13-14(7-12(11)16)19-8-18-13/h5-7,9H,2-4,8H2,1H3/b10-5+. The summed E-state index contributed by atoms with van der Waals surface area (Å²) in [7, 11) is 0. The first kappa shape index (κ1) is 12.5. The Bertz CT molecular complexity index is 563. The van der Waals surface area contributed by atoms with Gasteiger partial charge in [-0.25, -0.2) is 0 Å². The molecular weight excluding hydrogens is 264 g/mol. The van der Waals surface area contributed by atoms with E-state index >= 15 is 0 Å². The first-order valence-corrected chi connectivity index (χ1v) is 6.87. The molecule has 1 saturated carbocycles. The van der Waals surface area contributed by atoms with Gasteiger partial charge in [-0.1, -0.05) is 18.5 Å². The van der Waals surface area contributed by atoms with Gasteiger partial charge in [-0.3, -0.25) is 4.79 Å². The molecule has 0 radical (unpaired) electrons. The zero-order chi connectivity index (χ0) is 13.4. The summed E-state index contributed by atoms with van der Waals surface area (Å²) in [5.74, 6) is 1.70. The minimum atomic E-state index is 0.118. The van der Waals surface area contributed by atoms with Crippen LogP contribution in [-0.4, -0.2) is 12.6 Å². The Morgan fingerprint density at radius 1 is 1.32 bits per heavy atom. The summed E-state index contributed by atoms with van der Waals surface area (Å²) in [6.07, 6.45) is 4.75. The van der Waals surface area contributed by atoms with Crippen molar-refractivity contribution in [2.45, 2.75) is 26.2 Å². The lowest BCUT2D eigenvalue weighted by atomic mass is 9.84. The first-order chi connectivity index (χ1) is 9.15. The minimum absolute atomic E-state index is 0.118. The monoisotopic (exact) mass is 278 g/mol. The summed E-state index contributed by atoms with van der Waals surface area (Å²) >= 11 is 6.22. The van der Waals surface area contributed by atoms with E-state index in [1.54, 1.807) is 6.07 Å². The van der Waals surface area contributed by atoms with Crippen LogP contribution in [0.15, 0.2) is 17.7 Å². The summed E-state index contributed by atoms with van der Waals surface area (Å²) in [4.78, 5) is 12.1. The predicted molar refractivity (Wildman–Crippen MR) is 73.6 cm³/mol. The average molecular weight is 279 g/mol. The molecule has 19 heavy (non-hydrogen) atoms. The number of ether oxygens (including phenoxy) is 2. The molecule has 3 nitrogen and oxygen atoms in total. The molecular formula is C15H15ClO3. The quantitative estimate of drug-likeness (QED) is 0.732. The van der Waals surface area contributed by atoms with E-state index in [0.717, 1.165) is 30.4 Å². The molecule has 2 aliphatic rings. The highest BCUT2D eigenvalue weighted by molar-refractivity contribution is 6.32. The van der Waals surface area contributed by atoms with Crippen molar-refractivity contribution in [2.24, 2.45) is 5.92 Å². The fourth-order valence-corrected chi connectivity index (χ4v) is 2.75. The number of benzene rings is 1. The second-order valence-corrected chi connectivity index (χ2v) is 5.46. The van der Waals surface area contributed by atoms with Crippen molar-refractivity contribution >= 4 is 23.5 Å². The van der Waals surface area contributed by atoms with Gasteiger partial charge in [-0.05, 0) is 42.5 Å². The van der Waals surface area contributed by atoms with Gasteiger partial charge in [-0.15, -0.1) is 0 Å². The molecule has 1 aromatic carbocycles. The van der Waals surface area contributed by atoms with Gasteiger partial charge in [0.25, 0.3) is 0 Å². The molecule has 0 bridgehead atoms. The lowest BCUT2D eigenvalue weighted by Gasteiger charge is -2.19. The molecule has 3 rings (SSSR count). The van der Waals surface area contributed by atoms with Gasteiger partial charge >= 0.3 is 0 Å². The van der Waals surface area contributed by atoms with Crippen molar-refractivity contribution in [2.75, 3.05) is 6.79 Å². The normalized spacial score (nSPS) is 24.0. The molecule has 1 atom stereocenters. The number of ketones is 1. The number of Topliss-reactive ketones (excluding diaryl/α,β-unsaturated/α-hetero) is 1. The number of hydrogen-bond donors (Lipinski definition) is 0. The van der Waals surface area contributed by atoms with E-state index in [2.05, 4.69) is 0 Å². The van der Waals surface area contributed by atoms with E-state index in [1.165, 1.54) is 0 Å². The maximum absolute atomic E-state index is 12.1. The Kier molecular flexibility index (Phi) is 3.23. The molecule has 1 unspecified atom stereocenters. The highest BCUT2D eigenvalue weighted by atomic mass is 35.5. The zero-order valence-corrected chi connectivity index (χ0v) is 11.5. The summed E-state index contributed by atoms with van der Waals surface area (Å²) in [5.41, 5.74) is 1.68. The highest BCUT2D eigenvalue weighted by Gasteiger charge is 2.23. The molecule has 0 amide bonds. The SMILES string of the molecule is CC1CCC/C(=C\c2cc3c(cc2Cl)OCO3)C1=O. The molecule has 1 fully saturated rings. The summed E-state index contributed by atoms with van der Waals surface area (Å²) < 4.78 is 10.6. The van der Waals surface area contributed by atoms with Crippen molar-refractivity contribution in [3.05, 3.63) is 28.3 Å². The van der Waals surface area contributed by atoms with Crippen LogP contribution in [0, 0.1) is 5.92 Å². The van der Waals surface area contributed by atoms with Crippen LogP contribution in [0.5, 0.6) is 11.5 Å². The predicted octanol–water partition coefficient (Wildman–Crippen LogP) is 3.84. The van der Waals surface area contributed by atoms with Crippen molar-refractivity contribution in [3.63, 3.8) is 0 Å². The van der Waals surface area contributed by atoms with Gasteiger partial charge in [0.1, 0.15) is 0 Å². The molecule has 1 heterocycles. The van der Waals surface area contributed by atoms with E-state index in [4.69, 9.17) is 21.1 Å². The molecule has 0 saturated heterocycles. The van der Waals surface area contributed by atoms with Crippen LogP contribution >= 0.6 is 11.6 Å². The van der Waals surface area contributed by atoms with Crippen LogP contribution in [0.1, 0.15) is 31.7 Å². The maximum atomic E-state index is 12.1. The van der Waals surface area contributed by atoms with Crippen LogP contribution in [0.3, 0.4) is 0 Å². The van der Waals surface area contributed by atoms with E-state index in [9.17, 15) is 4.79 Å². The van der Waals surface area contributed by atoms with Crippen LogP contribution in [0.4, 0.5) is 0 Å². The molecule has 0 aromatic heterocycles. The Morgan fingerprint density at radius 3 is 2.84 bits per heavy atom.